The predicted octanol–water partition coefficient (Wildman–Crippen LogP) is 6.70. The van der Waals surface area contributed by atoms with Crippen LogP contribution in [-0.2, 0) is 6.54 Å². The lowest BCUT2D eigenvalue weighted by molar-refractivity contribution is 0.0652. The molecule has 0 radical (unpaired) electrons. The van der Waals surface area contributed by atoms with Gasteiger partial charge < -0.3 is 9.80 Å². The fourth-order valence-electron chi connectivity index (χ4n) is 6.12. The molecule has 2 aliphatic heterocycles. The summed E-state index contributed by atoms with van der Waals surface area (Å²) in [5.41, 5.74) is 5.76. The molecule has 2 aliphatic rings. The van der Waals surface area contributed by atoms with E-state index in [-0.39, 0.29) is 12.5 Å². The zero-order valence-electron chi connectivity index (χ0n) is 22.8. The Bertz CT molecular complexity index is 1370. The van der Waals surface area contributed by atoms with Gasteiger partial charge in [0.05, 0.1) is 6.54 Å². The highest BCUT2D eigenvalue weighted by molar-refractivity contribution is 5.98. The number of carbonyl (C=O) groups is 1. The first-order chi connectivity index (χ1) is 19.7. The van der Waals surface area contributed by atoms with Crippen molar-refractivity contribution in [3.05, 3.63) is 137 Å². The van der Waals surface area contributed by atoms with E-state index in [1.165, 1.54) is 11.1 Å². The smallest absolute Gasteiger partial charge is 0.254 e. The zero-order valence-corrected chi connectivity index (χ0v) is 22.8. The second-order valence-corrected chi connectivity index (χ2v) is 10.9. The lowest BCUT2D eigenvalue weighted by Gasteiger charge is -2.37. The van der Waals surface area contributed by atoms with Gasteiger partial charge in [0.1, 0.15) is 6.17 Å². The highest BCUT2D eigenvalue weighted by atomic mass is 19.1. The first-order valence-electron chi connectivity index (χ1n) is 14.3. The summed E-state index contributed by atoms with van der Waals surface area (Å²) in [4.78, 5) is 19.9. The maximum Gasteiger partial charge on any atom is 0.254 e. The third-order valence-corrected chi connectivity index (χ3v) is 8.36. The van der Waals surface area contributed by atoms with Gasteiger partial charge in [-0.15, -0.1) is 0 Å². The van der Waals surface area contributed by atoms with Gasteiger partial charge in [0.15, 0.2) is 0 Å². The van der Waals surface area contributed by atoms with Crippen LogP contribution in [0.5, 0.6) is 0 Å². The van der Waals surface area contributed by atoms with Crippen molar-refractivity contribution in [3.8, 4) is 0 Å². The highest BCUT2D eigenvalue weighted by Gasteiger charge is 2.32. The van der Waals surface area contributed by atoms with Crippen LogP contribution in [0.4, 0.5) is 10.1 Å². The third kappa shape index (κ3) is 5.80. The van der Waals surface area contributed by atoms with Gasteiger partial charge in [-0.25, -0.2) is 4.39 Å². The number of alkyl halides is 1. The number of halogens is 1. The number of carbonyl (C=O) groups excluding carboxylic acids is 1. The molecule has 0 saturated carbocycles. The van der Waals surface area contributed by atoms with Crippen molar-refractivity contribution in [1.29, 1.82) is 0 Å². The van der Waals surface area contributed by atoms with Crippen LogP contribution in [0.1, 0.15) is 51.1 Å². The SMILES string of the molecule is O=C1c2cc(N3CCN(CCC(c4ccccc4)c4ccccc4)CC3)ccc2C(F)CN1Cc1ccccc1. The Labute approximate surface area is 236 Å². The Morgan fingerprint density at radius 3 is 1.98 bits per heavy atom. The molecule has 6 rings (SSSR count). The van der Waals surface area contributed by atoms with Crippen molar-refractivity contribution in [1.82, 2.24) is 9.80 Å². The topological polar surface area (TPSA) is 26.8 Å². The maximum atomic E-state index is 15.1. The molecule has 4 aromatic carbocycles. The molecule has 0 N–H and O–H groups in total. The average molecular weight is 534 g/mol. The summed E-state index contributed by atoms with van der Waals surface area (Å²) in [5, 5.41) is 0. The Balaban J connectivity index is 1.09. The average Bonchev–Trinajstić information content (AvgIpc) is 3.01. The fraction of sp³-hybridized carbons (Fsp3) is 0.286. The molecule has 40 heavy (non-hydrogen) atoms. The van der Waals surface area contributed by atoms with Gasteiger partial charge in [-0.05, 0) is 41.8 Å². The summed E-state index contributed by atoms with van der Waals surface area (Å²) in [7, 11) is 0. The number of hydrogen-bond acceptors (Lipinski definition) is 3. The van der Waals surface area contributed by atoms with E-state index in [0.717, 1.165) is 50.4 Å². The van der Waals surface area contributed by atoms with Crippen LogP contribution in [0.25, 0.3) is 0 Å². The summed E-state index contributed by atoms with van der Waals surface area (Å²) in [6.07, 6.45) is -0.0965. The fourth-order valence-corrected chi connectivity index (χ4v) is 6.12. The minimum Gasteiger partial charge on any atom is -0.369 e. The lowest BCUT2D eigenvalue weighted by atomic mass is 9.88. The van der Waals surface area contributed by atoms with Crippen molar-refractivity contribution in [2.24, 2.45) is 0 Å². The first-order valence-corrected chi connectivity index (χ1v) is 14.3. The molecule has 1 fully saturated rings. The monoisotopic (exact) mass is 533 g/mol. The van der Waals surface area contributed by atoms with Crippen molar-refractivity contribution in [2.45, 2.75) is 25.1 Å². The van der Waals surface area contributed by atoms with E-state index in [0.29, 0.717) is 23.6 Å². The molecular formula is C35H36FN3O. The normalized spacial score (nSPS) is 17.8. The molecule has 1 atom stereocenters. The van der Waals surface area contributed by atoms with Crippen LogP contribution in [0.15, 0.2) is 109 Å². The van der Waals surface area contributed by atoms with E-state index >= 15 is 4.39 Å². The van der Waals surface area contributed by atoms with E-state index in [1.54, 1.807) is 4.90 Å². The number of nitrogens with zero attached hydrogens (tertiary/aromatic N) is 3. The maximum absolute atomic E-state index is 15.1. The van der Waals surface area contributed by atoms with Gasteiger partial charge in [-0.2, -0.15) is 0 Å². The number of rotatable bonds is 8. The molecule has 204 valence electrons. The van der Waals surface area contributed by atoms with Gasteiger partial charge in [0.25, 0.3) is 5.91 Å². The molecule has 5 heteroatoms. The summed E-state index contributed by atoms with van der Waals surface area (Å²) >= 11 is 0. The molecular weight excluding hydrogens is 497 g/mol. The van der Waals surface area contributed by atoms with Gasteiger partial charge in [-0.3, -0.25) is 9.69 Å². The first kappa shape index (κ1) is 26.3. The minimum absolute atomic E-state index is 0.0823. The quantitative estimate of drug-likeness (QED) is 0.252. The van der Waals surface area contributed by atoms with Crippen LogP contribution >= 0.6 is 0 Å². The van der Waals surface area contributed by atoms with Crippen LogP contribution in [0.2, 0.25) is 0 Å². The number of hydrogen-bond donors (Lipinski definition) is 0. The van der Waals surface area contributed by atoms with Crippen LogP contribution in [0.3, 0.4) is 0 Å². The Morgan fingerprint density at radius 1 is 0.750 bits per heavy atom. The van der Waals surface area contributed by atoms with Crippen molar-refractivity contribution >= 4 is 11.6 Å². The standard InChI is InChI=1S/C35H36FN3O/c36-34-26-39(25-27-10-4-1-5-11-27)35(40)33-24-30(16-17-32(33)34)38-22-20-37(21-23-38)19-18-31(28-12-6-2-7-13-28)29-14-8-3-9-15-29/h1-17,24,31,34H,18-23,25-26H2. The number of fused-ring (bicyclic) bond motifs is 1. The van der Waals surface area contributed by atoms with E-state index in [2.05, 4.69) is 70.5 Å². The Hall–Kier alpha value is -3.96. The predicted molar refractivity (Wildman–Crippen MR) is 159 cm³/mol. The lowest BCUT2D eigenvalue weighted by Crippen LogP contribution is -2.47. The van der Waals surface area contributed by atoms with Crippen molar-refractivity contribution < 1.29 is 9.18 Å². The van der Waals surface area contributed by atoms with Crippen LogP contribution in [0, 0.1) is 0 Å². The largest absolute Gasteiger partial charge is 0.369 e. The highest BCUT2D eigenvalue weighted by Crippen LogP contribution is 2.34. The van der Waals surface area contributed by atoms with Gasteiger partial charge in [-0.1, -0.05) is 97.1 Å². The van der Waals surface area contributed by atoms with Crippen LogP contribution in [-0.4, -0.2) is 55.0 Å². The van der Waals surface area contributed by atoms with E-state index in [9.17, 15) is 4.79 Å². The van der Waals surface area contributed by atoms with E-state index < -0.39 is 6.17 Å². The van der Waals surface area contributed by atoms with E-state index in [1.807, 2.05) is 48.5 Å². The molecule has 4 aromatic rings. The van der Waals surface area contributed by atoms with Crippen LogP contribution < -0.4 is 4.90 Å². The summed E-state index contributed by atoms with van der Waals surface area (Å²) in [6.45, 7) is 5.27. The molecule has 4 nitrogen and oxygen atoms in total. The Morgan fingerprint density at radius 2 is 1.35 bits per heavy atom. The minimum atomic E-state index is -1.16. The number of anilines is 1. The van der Waals surface area contributed by atoms with Crippen molar-refractivity contribution in [2.75, 3.05) is 44.2 Å². The summed E-state index contributed by atoms with van der Waals surface area (Å²) in [6, 6.07) is 37.1. The second kappa shape index (κ2) is 12.1. The molecule has 0 aliphatic carbocycles. The molecule has 1 saturated heterocycles. The van der Waals surface area contributed by atoms with E-state index in [4.69, 9.17) is 0 Å². The molecule has 1 amide bonds. The van der Waals surface area contributed by atoms with Gasteiger partial charge in [0, 0.05) is 55.5 Å². The molecule has 2 heterocycles. The molecule has 1 unspecified atom stereocenters. The van der Waals surface area contributed by atoms with Gasteiger partial charge >= 0.3 is 0 Å². The number of piperazine rings is 1. The summed E-state index contributed by atoms with van der Waals surface area (Å²) < 4.78 is 15.1. The number of benzene rings is 4. The second-order valence-electron chi connectivity index (χ2n) is 10.9. The zero-order chi connectivity index (χ0) is 27.3. The molecule has 0 spiro atoms. The summed E-state index contributed by atoms with van der Waals surface area (Å²) in [5.74, 6) is 0.292. The number of amides is 1. The van der Waals surface area contributed by atoms with Crippen molar-refractivity contribution in [3.63, 3.8) is 0 Å². The Kier molecular flexibility index (Phi) is 7.92. The molecule has 0 aromatic heterocycles. The molecule has 0 bridgehead atoms. The van der Waals surface area contributed by atoms with Gasteiger partial charge in [0.2, 0.25) is 0 Å². The third-order valence-electron chi connectivity index (χ3n) is 8.36.